The summed E-state index contributed by atoms with van der Waals surface area (Å²) >= 11 is 0. The minimum Gasteiger partial charge on any atom is -0.469 e. The lowest BCUT2D eigenvalue weighted by molar-refractivity contribution is -0.386. The van der Waals surface area contributed by atoms with Crippen molar-refractivity contribution < 1.29 is 14.4 Å². The summed E-state index contributed by atoms with van der Waals surface area (Å²) < 4.78 is 11.9. The lowest BCUT2D eigenvalue weighted by atomic mass is 10.2. The van der Waals surface area contributed by atoms with E-state index in [4.69, 9.17) is 9.47 Å². The van der Waals surface area contributed by atoms with Gasteiger partial charge in [0.2, 0.25) is 0 Å². The van der Waals surface area contributed by atoms with Crippen LogP contribution in [0.15, 0.2) is 36.5 Å². The summed E-state index contributed by atoms with van der Waals surface area (Å²) in [6.45, 7) is 1.40. The Morgan fingerprint density at radius 2 is 2.20 bits per heavy atom. The second-order valence-corrected chi connectivity index (χ2v) is 4.53. The van der Waals surface area contributed by atoms with Crippen molar-refractivity contribution in [3.8, 4) is 5.88 Å². The van der Waals surface area contributed by atoms with Crippen LogP contribution in [0.4, 0.5) is 5.69 Å². The maximum atomic E-state index is 11.0. The second kappa shape index (κ2) is 5.30. The topological polar surface area (TPSA) is 82.7 Å². The number of aromatic nitrogens is 2. The third-order valence-electron chi connectivity index (χ3n) is 2.90. The van der Waals surface area contributed by atoms with Gasteiger partial charge in [-0.15, -0.1) is 5.10 Å². The van der Waals surface area contributed by atoms with Gasteiger partial charge in [0.1, 0.15) is 18.9 Å². The fourth-order valence-electron chi connectivity index (χ4n) is 1.81. The molecular weight excluding hydrogens is 262 g/mol. The molecule has 0 saturated carbocycles. The summed E-state index contributed by atoms with van der Waals surface area (Å²) in [5.41, 5.74) is 0.892. The molecule has 1 saturated heterocycles. The van der Waals surface area contributed by atoms with E-state index in [1.807, 2.05) is 30.3 Å². The smallest absolute Gasteiger partial charge is 0.350 e. The Morgan fingerprint density at radius 3 is 2.85 bits per heavy atom. The first-order valence-electron chi connectivity index (χ1n) is 6.22. The van der Waals surface area contributed by atoms with Crippen molar-refractivity contribution in [1.29, 1.82) is 0 Å². The maximum Gasteiger partial charge on any atom is 0.350 e. The van der Waals surface area contributed by atoms with E-state index in [-0.39, 0.29) is 17.7 Å². The summed E-state index contributed by atoms with van der Waals surface area (Å²) in [6, 6.07) is 9.61. The SMILES string of the molecule is O=[N+]([O-])c1cn(Cc2ccccc2)nc1OCC1CO1. The molecule has 0 N–H and O–H groups in total. The van der Waals surface area contributed by atoms with Gasteiger partial charge in [0.15, 0.2) is 0 Å². The molecule has 0 amide bonds. The molecule has 1 aliphatic rings. The minimum atomic E-state index is -0.489. The van der Waals surface area contributed by atoms with E-state index in [9.17, 15) is 10.1 Å². The van der Waals surface area contributed by atoms with Crippen molar-refractivity contribution in [2.75, 3.05) is 13.2 Å². The first kappa shape index (κ1) is 12.6. The van der Waals surface area contributed by atoms with E-state index in [2.05, 4.69) is 5.10 Å². The second-order valence-electron chi connectivity index (χ2n) is 4.53. The van der Waals surface area contributed by atoms with Gasteiger partial charge in [-0.2, -0.15) is 0 Å². The van der Waals surface area contributed by atoms with Crippen molar-refractivity contribution in [3.05, 3.63) is 52.2 Å². The van der Waals surface area contributed by atoms with E-state index in [1.54, 1.807) is 0 Å². The molecule has 7 nitrogen and oxygen atoms in total. The number of hydrogen-bond acceptors (Lipinski definition) is 5. The van der Waals surface area contributed by atoms with Gasteiger partial charge in [-0.05, 0) is 5.56 Å². The molecule has 3 rings (SSSR count). The van der Waals surface area contributed by atoms with Gasteiger partial charge in [-0.1, -0.05) is 30.3 Å². The Bertz CT molecular complexity index is 607. The molecule has 1 aromatic carbocycles. The molecule has 104 valence electrons. The maximum absolute atomic E-state index is 11.0. The van der Waals surface area contributed by atoms with Gasteiger partial charge in [-0.3, -0.25) is 14.8 Å². The van der Waals surface area contributed by atoms with Crippen molar-refractivity contribution in [1.82, 2.24) is 9.78 Å². The van der Waals surface area contributed by atoms with Crippen molar-refractivity contribution in [3.63, 3.8) is 0 Å². The Hall–Kier alpha value is -2.41. The number of nitro groups is 1. The third kappa shape index (κ3) is 2.94. The summed E-state index contributed by atoms with van der Waals surface area (Å²) in [5, 5.41) is 15.1. The largest absolute Gasteiger partial charge is 0.469 e. The van der Waals surface area contributed by atoms with Crippen LogP contribution in [0.3, 0.4) is 0 Å². The van der Waals surface area contributed by atoms with Crippen LogP contribution < -0.4 is 4.74 Å². The van der Waals surface area contributed by atoms with E-state index in [0.717, 1.165) is 5.56 Å². The molecule has 1 atom stereocenters. The molecule has 0 bridgehead atoms. The van der Waals surface area contributed by atoms with Crippen LogP contribution in [0.5, 0.6) is 5.88 Å². The average molecular weight is 275 g/mol. The number of rotatable bonds is 6. The van der Waals surface area contributed by atoms with Crippen LogP contribution in [0.1, 0.15) is 5.56 Å². The lowest BCUT2D eigenvalue weighted by Gasteiger charge is -2.00. The summed E-state index contributed by atoms with van der Waals surface area (Å²) in [7, 11) is 0. The number of hydrogen-bond donors (Lipinski definition) is 0. The lowest BCUT2D eigenvalue weighted by Crippen LogP contribution is -2.06. The summed E-state index contributed by atoms with van der Waals surface area (Å²) in [4.78, 5) is 10.5. The van der Waals surface area contributed by atoms with Crippen molar-refractivity contribution in [2.45, 2.75) is 12.6 Å². The number of epoxide rings is 1. The van der Waals surface area contributed by atoms with Crippen molar-refractivity contribution >= 4 is 5.69 Å². The highest BCUT2D eigenvalue weighted by Gasteiger charge is 2.27. The van der Waals surface area contributed by atoms with Gasteiger partial charge in [0.25, 0.3) is 0 Å². The zero-order chi connectivity index (χ0) is 13.9. The van der Waals surface area contributed by atoms with E-state index >= 15 is 0 Å². The Labute approximate surface area is 114 Å². The molecule has 0 spiro atoms. The van der Waals surface area contributed by atoms with Crippen LogP contribution in [0.2, 0.25) is 0 Å². The Morgan fingerprint density at radius 1 is 1.45 bits per heavy atom. The molecule has 20 heavy (non-hydrogen) atoms. The molecule has 0 aliphatic carbocycles. The van der Waals surface area contributed by atoms with E-state index in [1.165, 1.54) is 10.9 Å². The van der Waals surface area contributed by atoms with Crippen molar-refractivity contribution in [2.24, 2.45) is 0 Å². The fraction of sp³-hybridized carbons (Fsp3) is 0.308. The quantitative estimate of drug-likeness (QED) is 0.454. The highest BCUT2D eigenvalue weighted by atomic mass is 16.6. The van der Waals surface area contributed by atoms with Crippen LogP contribution >= 0.6 is 0 Å². The minimum absolute atomic E-state index is 0.0360. The van der Waals surface area contributed by atoms with Crippen LogP contribution in [-0.4, -0.2) is 34.0 Å². The zero-order valence-electron chi connectivity index (χ0n) is 10.6. The first-order chi connectivity index (χ1) is 9.72. The predicted molar refractivity (Wildman–Crippen MR) is 69.7 cm³/mol. The molecule has 1 aliphatic heterocycles. The van der Waals surface area contributed by atoms with Gasteiger partial charge in [0, 0.05) is 0 Å². The third-order valence-corrected chi connectivity index (χ3v) is 2.90. The molecule has 2 aromatic rings. The average Bonchev–Trinajstić information content (AvgIpc) is 3.18. The Balaban J connectivity index is 1.77. The number of benzene rings is 1. The Kier molecular flexibility index (Phi) is 3.34. The van der Waals surface area contributed by atoms with Gasteiger partial charge >= 0.3 is 11.6 Å². The molecule has 1 unspecified atom stereocenters. The molecule has 0 radical (unpaired) electrons. The molecule has 7 heteroatoms. The predicted octanol–water partition coefficient (Wildman–Crippen LogP) is 1.62. The van der Waals surface area contributed by atoms with Crippen LogP contribution in [0.25, 0.3) is 0 Å². The molecule has 1 aromatic heterocycles. The summed E-state index contributed by atoms with van der Waals surface area (Å²) in [6.07, 6.45) is 1.42. The monoisotopic (exact) mass is 275 g/mol. The fourth-order valence-corrected chi connectivity index (χ4v) is 1.81. The van der Waals surface area contributed by atoms with Crippen LogP contribution in [0, 0.1) is 10.1 Å². The zero-order valence-corrected chi connectivity index (χ0v) is 10.6. The van der Waals surface area contributed by atoms with E-state index in [0.29, 0.717) is 19.8 Å². The summed E-state index contributed by atoms with van der Waals surface area (Å²) in [5.74, 6) is 0.0430. The molecule has 1 fully saturated rings. The normalized spacial score (nSPS) is 16.9. The standard InChI is InChI=1S/C13H13N3O4/c17-16(18)12-7-15(6-10-4-2-1-3-5-10)14-13(12)20-9-11-8-19-11/h1-5,7,11H,6,8-9H2. The highest BCUT2D eigenvalue weighted by molar-refractivity contribution is 5.38. The van der Waals surface area contributed by atoms with E-state index < -0.39 is 4.92 Å². The number of nitrogens with zero attached hydrogens (tertiary/aromatic N) is 3. The molecule has 2 heterocycles. The number of ether oxygens (including phenoxy) is 2. The highest BCUT2D eigenvalue weighted by Crippen LogP contribution is 2.26. The van der Waals surface area contributed by atoms with Gasteiger partial charge in [-0.25, -0.2) is 0 Å². The van der Waals surface area contributed by atoms with Gasteiger partial charge < -0.3 is 9.47 Å². The molecular formula is C13H13N3O4. The first-order valence-corrected chi connectivity index (χ1v) is 6.22. The van der Waals surface area contributed by atoms with Gasteiger partial charge in [0.05, 0.1) is 18.1 Å². The van der Waals surface area contributed by atoms with Crippen LogP contribution in [-0.2, 0) is 11.3 Å².